The molecule has 0 unspecified atom stereocenters. The minimum absolute atomic E-state index is 0.160. The van der Waals surface area contributed by atoms with E-state index in [-0.39, 0.29) is 37.7 Å². The number of hydrogen-bond donors (Lipinski definition) is 1. The second-order valence-corrected chi connectivity index (χ2v) is 5.93. The van der Waals surface area contributed by atoms with Gasteiger partial charge in [0.1, 0.15) is 0 Å². The molecule has 0 bridgehead atoms. The number of nitrogens with zero attached hydrogens (tertiary/aromatic N) is 2. The first-order chi connectivity index (χ1) is 11.5. The number of carbonyl (C=O) groups excluding carboxylic acids is 1. The van der Waals surface area contributed by atoms with Crippen molar-refractivity contribution in [1.82, 2.24) is 14.9 Å². The van der Waals surface area contributed by atoms with E-state index in [0.717, 1.165) is 5.56 Å². The maximum absolute atomic E-state index is 13.2. The lowest BCUT2D eigenvalue weighted by atomic mass is 9.92. The fraction of sp³-hybridized carbons (Fsp3) is 0.412. The summed E-state index contributed by atoms with van der Waals surface area (Å²) in [6.45, 7) is 0. The molecule has 1 fully saturated rings. The molecule has 1 N–H and O–H groups in total. The first-order valence-electron chi connectivity index (χ1n) is 7.86. The number of alkyl halides is 2. The molecule has 3 rings (SSSR count). The average Bonchev–Trinajstić information content (AvgIpc) is 3.02. The quantitative estimate of drug-likeness (QED) is 0.930. The zero-order valence-corrected chi connectivity index (χ0v) is 13.3. The molecule has 0 radical (unpaired) electrons. The fourth-order valence-electron chi connectivity index (χ4n) is 2.83. The number of carbonyl (C=O) groups is 1. The second-order valence-electron chi connectivity index (χ2n) is 5.93. The normalized spacial score (nSPS) is 17.5. The van der Waals surface area contributed by atoms with E-state index in [1.807, 2.05) is 30.3 Å². The Balaban J connectivity index is 1.74. The molecule has 0 spiro atoms. The number of nitrogens with one attached hydrogen (secondary N) is 1. The van der Waals surface area contributed by atoms with Crippen molar-refractivity contribution in [3.05, 3.63) is 36.5 Å². The lowest BCUT2D eigenvalue weighted by molar-refractivity contribution is -0.0395. The summed E-state index contributed by atoms with van der Waals surface area (Å²) in [4.78, 5) is 16.7. The largest absolute Gasteiger partial charge is 0.468 e. The van der Waals surface area contributed by atoms with Crippen LogP contribution in [0.3, 0.4) is 0 Å². The van der Waals surface area contributed by atoms with Crippen molar-refractivity contribution >= 4 is 6.03 Å². The van der Waals surface area contributed by atoms with E-state index in [2.05, 4.69) is 10.3 Å². The van der Waals surface area contributed by atoms with Crippen LogP contribution in [-0.4, -0.2) is 34.7 Å². The summed E-state index contributed by atoms with van der Waals surface area (Å²) in [5, 5.41) is 2.78. The van der Waals surface area contributed by atoms with E-state index >= 15 is 0 Å². The Kier molecular flexibility index (Phi) is 4.51. The highest BCUT2D eigenvalue weighted by Crippen LogP contribution is 2.33. The monoisotopic (exact) mass is 335 g/mol. The van der Waals surface area contributed by atoms with E-state index in [1.165, 1.54) is 11.7 Å². The number of benzene rings is 1. The molecule has 1 aromatic carbocycles. The lowest BCUT2D eigenvalue weighted by Gasteiger charge is -2.28. The minimum atomic E-state index is -2.62. The van der Waals surface area contributed by atoms with Gasteiger partial charge in [-0.3, -0.25) is 0 Å². The summed E-state index contributed by atoms with van der Waals surface area (Å²) in [5.74, 6) is -2.62. The molecule has 1 amide bonds. The number of halogens is 2. The van der Waals surface area contributed by atoms with Crippen LogP contribution in [0.4, 0.5) is 13.6 Å². The predicted octanol–water partition coefficient (Wildman–Crippen LogP) is 3.69. The van der Waals surface area contributed by atoms with Gasteiger partial charge in [-0.05, 0) is 12.8 Å². The third kappa shape index (κ3) is 3.55. The van der Waals surface area contributed by atoms with Crippen LogP contribution in [0.25, 0.3) is 11.3 Å². The van der Waals surface area contributed by atoms with Gasteiger partial charge in [0, 0.05) is 30.6 Å². The first-order valence-corrected chi connectivity index (χ1v) is 7.86. The molecule has 2 aromatic rings. The van der Waals surface area contributed by atoms with Crippen molar-refractivity contribution in [2.45, 2.75) is 37.6 Å². The number of rotatable bonds is 3. The van der Waals surface area contributed by atoms with Crippen molar-refractivity contribution in [3.63, 3.8) is 0 Å². The highest BCUT2D eigenvalue weighted by atomic mass is 19.3. The average molecular weight is 335 g/mol. The summed E-state index contributed by atoms with van der Waals surface area (Å²) in [7, 11) is 1.43. The summed E-state index contributed by atoms with van der Waals surface area (Å²) < 4.78 is 32.8. The molecule has 1 aliphatic carbocycles. The lowest BCUT2D eigenvalue weighted by Crippen LogP contribution is -2.42. The van der Waals surface area contributed by atoms with Crippen LogP contribution in [0.2, 0.25) is 0 Å². The molecule has 1 aromatic heterocycles. The van der Waals surface area contributed by atoms with Crippen LogP contribution in [-0.2, 0) is 0 Å². The number of aromatic nitrogens is 2. The maximum Gasteiger partial charge on any atom is 0.329 e. The Morgan fingerprint density at radius 2 is 1.96 bits per heavy atom. The first kappa shape index (κ1) is 16.4. The highest BCUT2D eigenvalue weighted by Gasteiger charge is 2.35. The third-order valence-corrected chi connectivity index (χ3v) is 4.19. The van der Waals surface area contributed by atoms with Gasteiger partial charge in [-0.25, -0.2) is 18.1 Å². The molecule has 1 saturated carbocycles. The minimum Gasteiger partial charge on any atom is -0.468 e. The van der Waals surface area contributed by atoms with E-state index in [1.54, 1.807) is 6.20 Å². The van der Waals surface area contributed by atoms with E-state index in [9.17, 15) is 13.6 Å². The molecular formula is C17H19F2N3O2. The van der Waals surface area contributed by atoms with Gasteiger partial charge in [-0.15, -0.1) is 0 Å². The van der Waals surface area contributed by atoms with Crippen LogP contribution in [0.15, 0.2) is 36.5 Å². The Hall–Kier alpha value is -2.44. The fourth-order valence-corrected chi connectivity index (χ4v) is 2.83. The molecule has 1 heterocycles. The van der Waals surface area contributed by atoms with Gasteiger partial charge in [-0.1, -0.05) is 30.3 Å². The topological polar surface area (TPSA) is 56.2 Å². The van der Waals surface area contributed by atoms with Crippen LogP contribution >= 0.6 is 0 Å². The number of methoxy groups -OCH3 is 1. The van der Waals surface area contributed by atoms with Crippen LogP contribution in [0.5, 0.6) is 6.01 Å². The van der Waals surface area contributed by atoms with Crippen LogP contribution in [0.1, 0.15) is 25.7 Å². The zero-order valence-electron chi connectivity index (χ0n) is 13.3. The Morgan fingerprint density at radius 1 is 1.29 bits per heavy atom. The van der Waals surface area contributed by atoms with E-state index in [4.69, 9.17) is 4.74 Å². The van der Waals surface area contributed by atoms with Crippen LogP contribution in [0, 0.1) is 0 Å². The van der Waals surface area contributed by atoms with Gasteiger partial charge in [0.2, 0.25) is 5.92 Å². The molecule has 128 valence electrons. The molecule has 5 nitrogen and oxygen atoms in total. The Morgan fingerprint density at radius 3 is 2.58 bits per heavy atom. The molecular weight excluding hydrogens is 316 g/mol. The second kappa shape index (κ2) is 6.59. The Bertz CT molecular complexity index is 706. The molecule has 24 heavy (non-hydrogen) atoms. The molecule has 0 atom stereocenters. The van der Waals surface area contributed by atoms with E-state index in [0.29, 0.717) is 5.69 Å². The maximum atomic E-state index is 13.2. The standard InChI is InChI=1S/C17H19F2N3O2/c1-24-16-21-14(12-5-3-2-4-6-12)11-22(16)15(23)20-13-7-9-17(18,19)10-8-13/h2-6,11,13H,7-10H2,1H3,(H,20,23). The van der Waals surface area contributed by atoms with Crippen LogP contribution < -0.4 is 10.1 Å². The van der Waals surface area contributed by atoms with Gasteiger partial charge in [0.25, 0.3) is 0 Å². The number of hydrogen-bond acceptors (Lipinski definition) is 3. The molecule has 1 aliphatic rings. The molecule has 7 heteroatoms. The van der Waals surface area contributed by atoms with E-state index < -0.39 is 12.0 Å². The van der Waals surface area contributed by atoms with Crippen molar-refractivity contribution in [2.24, 2.45) is 0 Å². The van der Waals surface area contributed by atoms with Gasteiger partial charge >= 0.3 is 12.0 Å². The smallest absolute Gasteiger partial charge is 0.329 e. The van der Waals surface area contributed by atoms with Crippen molar-refractivity contribution in [1.29, 1.82) is 0 Å². The summed E-state index contributed by atoms with van der Waals surface area (Å²) in [5.41, 5.74) is 1.47. The molecule has 0 aliphatic heterocycles. The summed E-state index contributed by atoms with van der Waals surface area (Å²) in [6.07, 6.45) is 1.71. The number of imidazole rings is 1. The van der Waals surface area contributed by atoms with Gasteiger partial charge in [-0.2, -0.15) is 4.98 Å². The number of ether oxygens (including phenoxy) is 1. The van der Waals surface area contributed by atoms with Crippen molar-refractivity contribution < 1.29 is 18.3 Å². The SMILES string of the molecule is COc1nc(-c2ccccc2)cn1C(=O)NC1CCC(F)(F)CC1. The summed E-state index contributed by atoms with van der Waals surface area (Å²) >= 11 is 0. The van der Waals surface area contributed by atoms with Crippen molar-refractivity contribution in [3.8, 4) is 17.3 Å². The summed E-state index contributed by atoms with van der Waals surface area (Å²) in [6, 6.07) is 8.89. The Labute approximate surface area is 138 Å². The molecule has 0 saturated heterocycles. The number of amides is 1. The van der Waals surface area contributed by atoms with Gasteiger partial charge in [0.15, 0.2) is 0 Å². The zero-order chi connectivity index (χ0) is 17.2. The highest BCUT2D eigenvalue weighted by molar-refractivity contribution is 5.80. The predicted molar refractivity (Wildman–Crippen MR) is 85.3 cm³/mol. The van der Waals surface area contributed by atoms with Crippen molar-refractivity contribution in [2.75, 3.05) is 7.11 Å². The van der Waals surface area contributed by atoms with Gasteiger partial charge < -0.3 is 10.1 Å². The van der Waals surface area contributed by atoms with Gasteiger partial charge in [0.05, 0.1) is 12.8 Å². The third-order valence-electron chi connectivity index (χ3n) is 4.19.